The number of benzene rings is 1. The van der Waals surface area contributed by atoms with Crippen LogP contribution in [0.25, 0.3) is 6.08 Å². The van der Waals surface area contributed by atoms with Gasteiger partial charge in [0, 0.05) is 22.4 Å². The van der Waals surface area contributed by atoms with E-state index < -0.39 is 0 Å². The first-order valence-electron chi connectivity index (χ1n) is 8.40. The molecule has 0 fully saturated rings. The second kappa shape index (κ2) is 9.46. The number of rotatable bonds is 8. The van der Waals surface area contributed by atoms with E-state index in [4.69, 9.17) is 4.42 Å². The minimum absolute atomic E-state index is 0.00750. The fourth-order valence-electron chi connectivity index (χ4n) is 2.55. The van der Waals surface area contributed by atoms with E-state index in [-0.39, 0.29) is 5.91 Å². The lowest BCUT2D eigenvalue weighted by Crippen LogP contribution is -2.30. The molecule has 2 heterocycles. The van der Waals surface area contributed by atoms with Crippen LogP contribution in [0.4, 0.5) is 0 Å². The van der Waals surface area contributed by atoms with Crippen LogP contribution in [0.15, 0.2) is 75.6 Å². The highest BCUT2D eigenvalue weighted by Gasteiger charge is 2.13. The van der Waals surface area contributed by atoms with Crippen molar-refractivity contribution in [1.29, 1.82) is 0 Å². The predicted octanol–water partition coefficient (Wildman–Crippen LogP) is 5.35. The number of amides is 1. The Morgan fingerprint density at radius 1 is 1.19 bits per heavy atom. The van der Waals surface area contributed by atoms with Gasteiger partial charge in [0.15, 0.2) is 0 Å². The molecule has 0 radical (unpaired) electrons. The minimum Gasteiger partial charge on any atom is -0.467 e. The van der Waals surface area contributed by atoms with Gasteiger partial charge in [-0.3, -0.25) is 4.79 Å². The first kappa shape index (κ1) is 18.5. The number of carbonyl (C=O) groups excluding carboxylic acids is 1. The summed E-state index contributed by atoms with van der Waals surface area (Å²) in [6, 6.07) is 16.1. The molecule has 0 unspecified atom stereocenters. The molecule has 0 bridgehead atoms. The average molecular weight is 384 g/mol. The predicted molar refractivity (Wildman–Crippen MR) is 109 cm³/mol. The number of carbonyl (C=O) groups is 1. The number of nitrogens with zero attached hydrogens (tertiary/aromatic N) is 1. The number of thiophene rings is 1. The number of furan rings is 1. The van der Waals surface area contributed by atoms with Gasteiger partial charge in [-0.05, 0) is 60.0 Å². The van der Waals surface area contributed by atoms with Gasteiger partial charge in [0.05, 0.1) is 12.8 Å². The first-order valence-corrected chi connectivity index (χ1v) is 10.5. The highest BCUT2D eigenvalue weighted by Crippen LogP contribution is 2.16. The summed E-state index contributed by atoms with van der Waals surface area (Å²) in [6.45, 7) is 1.14. The van der Waals surface area contributed by atoms with Crippen LogP contribution in [0, 0.1) is 0 Å². The van der Waals surface area contributed by atoms with E-state index >= 15 is 0 Å². The van der Waals surface area contributed by atoms with Crippen LogP contribution in [0.1, 0.15) is 16.2 Å². The molecule has 5 heteroatoms. The summed E-state index contributed by atoms with van der Waals surface area (Å²) in [6.07, 6.45) is 8.05. The Morgan fingerprint density at radius 2 is 2.04 bits per heavy atom. The Morgan fingerprint density at radius 3 is 2.69 bits per heavy atom. The molecule has 0 saturated heterocycles. The van der Waals surface area contributed by atoms with Crippen LogP contribution in [-0.4, -0.2) is 23.6 Å². The average Bonchev–Trinajstić information content (AvgIpc) is 3.37. The number of hydrogen-bond acceptors (Lipinski definition) is 4. The highest BCUT2D eigenvalue weighted by molar-refractivity contribution is 7.98. The van der Waals surface area contributed by atoms with Crippen LogP contribution in [0.5, 0.6) is 0 Å². The van der Waals surface area contributed by atoms with Gasteiger partial charge < -0.3 is 9.32 Å². The highest BCUT2D eigenvalue weighted by atomic mass is 32.2. The van der Waals surface area contributed by atoms with Gasteiger partial charge in [-0.15, -0.1) is 23.1 Å². The Hall–Kier alpha value is -2.24. The SMILES string of the molecule is CSc1ccc(/C=C/C(=O)N(CCc2cccs2)Cc2ccco2)cc1. The molecule has 1 amide bonds. The molecule has 3 aromatic rings. The van der Waals surface area contributed by atoms with E-state index in [0.29, 0.717) is 13.1 Å². The van der Waals surface area contributed by atoms with Gasteiger partial charge in [0.1, 0.15) is 5.76 Å². The third kappa shape index (κ3) is 5.38. The summed E-state index contributed by atoms with van der Waals surface area (Å²) in [7, 11) is 0. The molecule has 0 spiro atoms. The van der Waals surface area contributed by atoms with Crippen LogP contribution >= 0.6 is 23.1 Å². The van der Waals surface area contributed by atoms with Gasteiger partial charge in [-0.2, -0.15) is 0 Å². The maximum Gasteiger partial charge on any atom is 0.246 e. The fourth-order valence-corrected chi connectivity index (χ4v) is 3.65. The molecule has 0 aliphatic carbocycles. The fraction of sp³-hybridized carbons (Fsp3) is 0.190. The lowest BCUT2D eigenvalue weighted by Gasteiger charge is -2.19. The maximum atomic E-state index is 12.7. The number of thioether (sulfide) groups is 1. The van der Waals surface area contributed by atoms with Crippen molar-refractivity contribution < 1.29 is 9.21 Å². The van der Waals surface area contributed by atoms with E-state index in [1.165, 1.54) is 9.77 Å². The van der Waals surface area contributed by atoms with Crippen LogP contribution in [0.2, 0.25) is 0 Å². The van der Waals surface area contributed by atoms with E-state index in [1.54, 1.807) is 35.4 Å². The Kier molecular flexibility index (Phi) is 6.75. The third-order valence-corrected chi connectivity index (χ3v) is 5.66. The second-order valence-corrected chi connectivity index (χ2v) is 7.69. The van der Waals surface area contributed by atoms with E-state index in [1.807, 2.05) is 41.3 Å². The molecule has 0 atom stereocenters. The van der Waals surface area contributed by atoms with Crippen molar-refractivity contribution in [2.24, 2.45) is 0 Å². The summed E-state index contributed by atoms with van der Waals surface area (Å²) in [5, 5.41) is 2.06. The van der Waals surface area contributed by atoms with Crippen LogP contribution in [-0.2, 0) is 17.8 Å². The molecule has 3 rings (SSSR count). The molecule has 2 aromatic heterocycles. The van der Waals surface area contributed by atoms with Crippen molar-refractivity contribution >= 4 is 35.1 Å². The summed E-state index contributed by atoms with van der Waals surface area (Å²) >= 11 is 3.42. The van der Waals surface area contributed by atoms with Crippen molar-refractivity contribution in [3.05, 3.63) is 82.5 Å². The Labute approximate surface area is 162 Å². The molecule has 0 saturated carbocycles. The molecular formula is C21H21NO2S2. The summed E-state index contributed by atoms with van der Waals surface area (Å²) in [5.74, 6) is 0.786. The lowest BCUT2D eigenvalue weighted by atomic mass is 10.2. The zero-order chi connectivity index (χ0) is 18.2. The van der Waals surface area contributed by atoms with E-state index in [0.717, 1.165) is 17.7 Å². The molecule has 26 heavy (non-hydrogen) atoms. The van der Waals surface area contributed by atoms with Crippen molar-refractivity contribution in [2.75, 3.05) is 12.8 Å². The molecule has 134 valence electrons. The Bertz CT molecular complexity index is 822. The van der Waals surface area contributed by atoms with Crippen molar-refractivity contribution in [1.82, 2.24) is 4.90 Å². The van der Waals surface area contributed by atoms with Crippen LogP contribution < -0.4 is 0 Å². The summed E-state index contributed by atoms with van der Waals surface area (Å²) in [4.78, 5) is 17.0. The van der Waals surface area contributed by atoms with Gasteiger partial charge in [-0.25, -0.2) is 0 Å². The second-order valence-electron chi connectivity index (χ2n) is 5.78. The summed E-state index contributed by atoms with van der Waals surface area (Å²) in [5.41, 5.74) is 1.02. The third-order valence-electron chi connectivity index (χ3n) is 3.98. The van der Waals surface area contributed by atoms with Crippen molar-refractivity contribution in [3.63, 3.8) is 0 Å². The zero-order valence-corrected chi connectivity index (χ0v) is 16.3. The monoisotopic (exact) mass is 383 g/mol. The van der Waals surface area contributed by atoms with E-state index in [9.17, 15) is 4.79 Å². The molecule has 0 aliphatic rings. The maximum absolute atomic E-state index is 12.7. The number of hydrogen-bond donors (Lipinski definition) is 0. The van der Waals surface area contributed by atoms with Crippen molar-refractivity contribution in [2.45, 2.75) is 17.9 Å². The van der Waals surface area contributed by atoms with Crippen molar-refractivity contribution in [3.8, 4) is 0 Å². The normalized spacial score (nSPS) is 11.1. The topological polar surface area (TPSA) is 33.5 Å². The molecular weight excluding hydrogens is 362 g/mol. The molecule has 3 nitrogen and oxygen atoms in total. The lowest BCUT2D eigenvalue weighted by molar-refractivity contribution is -0.126. The van der Waals surface area contributed by atoms with Gasteiger partial charge in [0.2, 0.25) is 5.91 Å². The van der Waals surface area contributed by atoms with Gasteiger partial charge in [-0.1, -0.05) is 18.2 Å². The molecule has 0 N–H and O–H groups in total. The first-order chi connectivity index (χ1) is 12.7. The quantitative estimate of drug-likeness (QED) is 0.388. The largest absolute Gasteiger partial charge is 0.467 e. The minimum atomic E-state index is -0.00750. The van der Waals surface area contributed by atoms with E-state index in [2.05, 4.69) is 29.8 Å². The zero-order valence-electron chi connectivity index (χ0n) is 14.6. The Balaban J connectivity index is 1.66. The standard InChI is InChI=1S/C21H21NO2S2/c1-25-19-9-6-17(7-10-19)8-11-21(23)22(16-18-4-2-14-24-18)13-12-20-5-3-15-26-20/h2-11,14-15H,12-13,16H2,1H3/b11-8+. The molecule has 0 aliphatic heterocycles. The molecule has 1 aromatic carbocycles. The smallest absolute Gasteiger partial charge is 0.246 e. The van der Waals surface area contributed by atoms with Gasteiger partial charge in [0.25, 0.3) is 0 Å². The summed E-state index contributed by atoms with van der Waals surface area (Å²) < 4.78 is 5.42. The van der Waals surface area contributed by atoms with Gasteiger partial charge >= 0.3 is 0 Å². The van der Waals surface area contributed by atoms with Crippen LogP contribution in [0.3, 0.4) is 0 Å².